The first-order valence-corrected chi connectivity index (χ1v) is 7.33. The molecule has 1 aromatic rings. The molecule has 1 aromatic carbocycles. The highest BCUT2D eigenvalue weighted by Crippen LogP contribution is 2.46. The molecule has 0 spiro atoms. The number of rotatable bonds is 2. The van der Waals surface area contributed by atoms with Gasteiger partial charge in [-0.15, -0.1) is 23.5 Å². The number of hydrogen-bond donors (Lipinski definition) is 0. The van der Waals surface area contributed by atoms with E-state index in [1.165, 1.54) is 12.5 Å². The minimum atomic E-state index is -0.377. The normalized spacial score (nSPS) is 17.3. The minimum Gasteiger partial charge on any atom is -0.258 e. The van der Waals surface area contributed by atoms with E-state index >= 15 is 0 Å². The van der Waals surface area contributed by atoms with Gasteiger partial charge in [0, 0.05) is 22.7 Å². The Morgan fingerprint density at radius 3 is 2.69 bits per heavy atom. The molecule has 3 nitrogen and oxygen atoms in total. The van der Waals surface area contributed by atoms with Gasteiger partial charge in [0.15, 0.2) is 0 Å². The highest BCUT2D eigenvalue weighted by atomic mass is 35.5. The van der Waals surface area contributed by atoms with Crippen molar-refractivity contribution in [1.29, 1.82) is 0 Å². The maximum absolute atomic E-state index is 10.7. The van der Waals surface area contributed by atoms with Gasteiger partial charge in [-0.1, -0.05) is 11.6 Å². The molecule has 6 heteroatoms. The number of benzene rings is 1. The Morgan fingerprint density at radius 1 is 1.38 bits per heavy atom. The van der Waals surface area contributed by atoms with E-state index in [1.807, 2.05) is 0 Å². The van der Waals surface area contributed by atoms with E-state index in [4.69, 9.17) is 11.6 Å². The fraction of sp³-hybridized carbons (Fsp3) is 0.400. The van der Waals surface area contributed by atoms with Crippen LogP contribution in [0.2, 0.25) is 5.02 Å². The first-order chi connectivity index (χ1) is 7.68. The van der Waals surface area contributed by atoms with Gasteiger partial charge in [-0.25, -0.2) is 0 Å². The lowest BCUT2D eigenvalue weighted by Crippen LogP contribution is -2.01. The molecule has 0 radical (unpaired) electrons. The van der Waals surface area contributed by atoms with E-state index in [0.717, 1.165) is 17.1 Å². The highest BCUT2D eigenvalue weighted by Gasteiger charge is 2.21. The summed E-state index contributed by atoms with van der Waals surface area (Å²) in [6, 6.07) is 4.66. The van der Waals surface area contributed by atoms with Gasteiger partial charge >= 0.3 is 0 Å². The van der Waals surface area contributed by atoms with Crippen molar-refractivity contribution in [2.24, 2.45) is 0 Å². The molecular formula is C10H10ClNO2S2. The van der Waals surface area contributed by atoms with E-state index in [0.29, 0.717) is 5.02 Å². The molecule has 1 fully saturated rings. The fourth-order valence-electron chi connectivity index (χ4n) is 1.49. The summed E-state index contributed by atoms with van der Waals surface area (Å²) in [7, 11) is 0. The summed E-state index contributed by atoms with van der Waals surface area (Å²) in [5.74, 6) is 2.19. The maximum Gasteiger partial charge on any atom is 0.269 e. The summed E-state index contributed by atoms with van der Waals surface area (Å²) in [5.41, 5.74) is 0.997. The van der Waals surface area contributed by atoms with E-state index in [9.17, 15) is 10.1 Å². The Balaban J connectivity index is 2.30. The lowest BCUT2D eigenvalue weighted by molar-refractivity contribution is -0.384. The molecule has 2 rings (SSSR count). The molecule has 0 N–H and O–H groups in total. The van der Waals surface area contributed by atoms with Crippen molar-refractivity contribution in [3.8, 4) is 0 Å². The fourth-order valence-corrected chi connectivity index (χ4v) is 4.79. The Bertz CT molecular complexity index is 408. The Kier molecular flexibility index (Phi) is 4.00. The third kappa shape index (κ3) is 2.64. The largest absolute Gasteiger partial charge is 0.269 e. The van der Waals surface area contributed by atoms with Crippen LogP contribution in [0, 0.1) is 10.1 Å². The van der Waals surface area contributed by atoms with Gasteiger partial charge in [-0.3, -0.25) is 10.1 Å². The molecule has 1 heterocycles. The van der Waals surface area contributed by atoms with Crippen molar-refractivity contribution in [2.45, 2.75) is 11.0 Å². The first-order valence-electron chi connectivity index (χ1n) is 4.85. The van der Waals surface area contributed by atoms with E-state index < -0.39 is 0 Å². The van der Waals surface area contributed by atoms with Crippen LogP contribution in [-0.4, -0.2) is 16.4 Å². The molecule has 0 bridgehead atoms. The quantitative estimate of drug-likeness (QED) is 0.602. The first kappa shape index (κ1) is 12.1. The summed E-state index contributed by atoms with van der Waals surface area (Å²) in [4.78, 5) is 10.3. The molecule has 0 atom stereocenters. The molecule has 1 aliphatic rings. The summed E-state index contributed by atoms with van der Waals surface area (Å²) < 4.78 is 0.237. The molecule has 1 aliphatic heterocycles. The number of hydrogen-bond acceptors (Lipinski definition) is 4. The molecule has 16 heavy (non-hydrogen) atoms. The number of nitro groups is 1. The Labute approximate surface area is 107 Å². The lowest BCUT2D eigenvalue weighted by Gasteiger charge is -2.21. The highest BCUT2D eigenvalue weighted by molar-refractivity contribution is 8.16. The zero-order valence-corrected chi connectivity index (χ0v) is 10.8. The van der Waals surface area contributed by atoms with Crippen LogP contribution in [0.15, 0.2) is 18.2 Å². The van der Waals surface area contributed by atoms with Gasteiger partial charge in [0.05, 0.1) is 9.51 Å². The zero-order chi connectivity index (χ0) is 11.5. The summed E-state index contributed by atoms with van der Waals surface area (Å²) in [5, 5.41) is 11.3. The van der Waals surface area contributed by atoms with Crippen LogP contribution in [0.4, 0.5) is 5.69 Å². The average Bonchev–Trinajstić information content (AvgIpc) is 2.30. The second-order valence-electron chi connectivity index (χ2n) is 3.39. The van der Waals surface area contributed by atoms with Gasteiger partial charge in [0.2, 0.25) is 0 Å². The minimum absolute atomic E-state index is 0.117. The van der Waals surface area contributed by atoms with E-state index in [-0.39, 0.29) is 15.2 Å². The molecule has 1 saturated heterocycles. The van der Waals surface area contributed by atoms with Crippen LogP contribution in [0.25, 0.3) is 0 Å². The average molecular weight is 276 g/mol. The van der Waals surface area contributed by atoms with Gasteiger partial charge in [0.25, 0.3) is 5.69 Å². The van der Waals surface area contributed by atoms with Gasteiger partial charge in [0.1, 0.15) is 0 Å². The van der Waals surface area contributed by atoms with Gasteiger partial charge in [-0.2, -0.15) is 0 Å². The Hall–Kier alpha value is -0.390. The summed E-state index contributed by atoms with van der Waals surface area (Å²) >= 11 is 9.70. The van der Waals surface area contributed by atoms with Crippen molar-refractivity contribution in [3.05, 3.63) is 38.9 Å². The standard InChI is InChI=1S/C10H10ClNO2S2/c11-9-3-2-7(12(13)14)6-8(9)10-15-4-1-5-16-10/h2-3,6,10H,1,4-5H2. The third-order valence-corrected chi connectivity index (χ3v) is 5.59. The number of thioether (sulfide) groups is 2. The molecule has 0 unspecified atom stereocenters. The predicted octanol–water partition coefficient (Wildman–Crippen LogP) is 4.12. The van der Waals surface area contributed by atoms with Gasteiger partial charge in [-0.05, 0) is 24.0 Å². The van der Waals surface area contributed by atoms with Crippen LogP contribution in [0.3, 0.4) is 0 Å². The predicted molar refractivity (Wildman–Crippen MR) is 70.4 cm³/mol. The molecule has 0 aliphatic carbocycles. The molecule has 0 aromatic heterocycles. The summed E-state index contributed by atoms with van der Waals surface area (Å²) in [6.07, 6.45) is 1.19. The number of nitrogens with zero attached hydrogens (tertiary/aromatic N) is 1. The topological polar surface area (TPSA) is 43.1 Å². The second-order valence-corrected chi connectivity index (χ2v) is 6.52. The monoisotopic (exact) mass is 275 g/mol. The van der Waals surface area contributed by atoms with Crippen molar-refractivity contribution in [1.82, 2.24) is 0 Å². The van der Waals surface area contributed by atoms with Crippen molar-refractivity contribution in [2.75, 3.05) is 11.5 Å². The van der Waals surface area contributed by atoms with Crippen molar-refractivity contribution < 1.29 is 4.92 Å². The molecule has 0 saturated carbocycles. The van der Waals surface area contributed by atoms with Crippen LogP contribution in [0.1, 0.15) is 16.6 Å². The van der Waals surface area contributed by atoms with Crippen LogP contribution < -0.4 is 0 Å². The molecule has 0 amide bonds. The number of nitro benzene ring substituents is 1. The summed E-state index contributed by atoms with van der Waals surface area (Å²) in [6.45, 7) is 0. The Morgan fingerprint density at radius 2 is 2.06 bits per heavy atom. The van der Waals surface area contributed by atoms with E-state index in [2.05, 4.69) is 0 Å². The van der Waals surface area contributed by atoms with E-state index in [1.54, 1.807) is 35.7 Å². The van der Waals surface area contributed by atoms with Crippen molar-refractivity contribution >= 4 is 40.8 Å². The van der Waals surface area contributed by atoms with Gasteiger partial charge < -0.3 is 0 Å². The van der Waals surface area contributed by atoms with Crippen LogP contribution in [-0.2, 0) is 0 Å². The van der Waals surface area contributed by atoms with Crippen LogP contribution in [0.5, 0.6) is 0 Å². The zero-order valence-electron chi connectivity index (χ0n) is 8.39. The molecular weight excluding hydrogens is 266 g/mol. The molecule has 86 valence electrons. The van der Waals surface area contributed by atoms with Crippen LogP contribution >= 0.6 is 35.1 Å². The number of halogens is 1. The van der Waals surface area contributed by atoms with Crippen molar-refractivity contribution in [3.63, 3.8) is 0 Å². The second kappa shape index (κ2) is 5.29. The number of non-ortho nitro benzene ring substituents is 1. The maximum atomic E-state index is 10.7. The lowest BCUT2D eigenvalue weighted by atomic mass is 10.2. The SMILES string of the molecule is O=[N+]([O-])c1ccc(Cl)c(C2SCCCS2)c1. The smallest absolute Gasteiger partial charge is 0.258 e. The third-order valence-electron chi connectivity index (χ3n) is 2.27.